The highest BCUT2D eigenvalue weighted by atomic mass is 32.1. The second-order valence-corrected chi connectivity index (χ2v) is 10.4. The zero-order valence-corrected chi connectivity index (χ0v) is 18.0. The molecule has 3 heterocycles. The van der Waals surface area contributed by atoms with Crippen molar-refractivity contribution in [3.05, 3.63) is 20.8 Å². The maximum atomic E-state index is 13.1. The number of thiophene rings is 1. The van der Waals surface area contributed by atoms with Crippen molar-refractivity contribution in [2.45, 2.75) is 72.3 Å². The molecule has 1 fully saturated rings. The third-order valence-electron chi connectivity index (χ3n) is 6.41. The Morgan fingerprint density at radius 3 is 2.57 bits per heavy atom. The van der Waals surface area contributed by atoms with Gasteiger partial charge < -0.3 is 4.90 Å². The lowest BCUT2D eigenvalue weighted by Crippen LogP contribution is -2.38. The van der Waals surface area contributed by atoms with E-state index in [1.165, 1.54) is 22.4 Å². The molecule has 1 amide bonds. The van der Waals surface area contributed by atoms with Crippen LogP contribution in [-0.4, -0.2) is 38.9 Å². The van der Waals surface area contributed by atoms with E-state index >= 15 is 0 Å². The van der Waals surface area contributed by atoms with Gasteiger partial charge >= 0.3 is 0 Å². The number of likely N-dealkylation sites (tertiary alicyclic amines) is 1. The molecule has 0 unspecified atom stereocenters. The first-order valence-corrected chi connectivity index (χ1v) is 11.3. The standard InChI is InChI=1S/C21H30N4O2S/c1-21(2,3)14-8-9-15-16(12-14)28-19-18(15)20(27)25(23-22-19)13-17(26)24-10-6-4-5-7-11-24/h14H,4-13H2,1-3H3/t14-/m0/s1. The number of carbonyl (C=O) groups is 1. The average molecular weight is 403 g/mol. The van der Waals surface area contributed by atoms with Gasteiger partial charge in [0.25, 0.3) is 5.56 Å². The smallest absolute Gasteiger partial charge is 0.279 e. The normalized spacial score (nSPS) is 20.8. The quantitative estimate of drug-likeness (QED) is 0.772. The van der Waals surface area contributed by atoms with Gasteiger partial charge in [0.05, 0.1) is 5.39 Å². The average Bonchev–Trinajstić information content (AvgIpc) is 2.82. The molecule has 1 atom stereocenters. The number of aromatic nitrogens is 3. The van der Waals surface area contributed by atoms with Crippen molar-refractivity contribution in [3.63, 3.8) is 0 Å². The van der Waals surface area contributed by atoms with Crippen molar-refractivity contribution >= 4 is 27.5 Å². The summed E-state index contributed by atoms with van der Waals surface area (Å²) in [6.45, 7) is 8.43. The summed E-state index contributed by atoms with van der Waals surface area (Å²) >= 11 is 1.61. The van der Waals surface area contributed by atoms with Crippen LogP contribution in [0.4, 0.5) is 0 Å². The summed E-state index contributed by atoms with van der Waals surface area (Å²) in [4.78, 5) is 29.7. The molecule has 0 saturated carbocycles. The van der Waals surface area contributed by atoms with Gasteiger partial charge in [0.2, 0.25) is 5.91 Å². The van der Waals surface area contributed by atoms with Gasteiger partial charge in [-0.15, -0.1) is 16.4 Å². The van der Waals surface area contributed by atoms with Crippen LogP contribution in [0.25, 0.3) is 10.2 Å². The molecule has 0 aromatic carbocycles. The summed E-state index contributed by atoms with van der Waals surface area (Å²) in [5, 5.41) is 9.10. The lowest BCUT2D eigenvalue weighted by atomic mass is 9.72. The summed E-state index contributed by atoms with van der Waals surface area (Å²) in [6, 6.07) is 0. The van der Waals surface area contributed by atoms with E-state index in [1.807, 2.05) is 4.90 Å². The van der Waals surface area contributed by atoms with Crippen LogP contribution >= 0.6 is 11.3 Å². The molecule has 28 heavy (non-hydrogen) atoms. The van der Waals surface area contributed by atoms with E-state index in [4.69, 9.17) is 0 Å². The van der Waals surface area contributed by atoms with E-state index in [0.29, 0.717) is 11.3 Å². The highest BCUT2D eigenvalue weighted by Crippen LogP contribution is 2.41. The monoisotopic (exact) mass is 402 g/mol. The van der Waals surface area contributed by atoms with Crippen molar-refractivity contribution < 1.29 is 4.79 Å². The number of carbonyl (C=O) groups excluding carboxylic acids is 1. The van der Waals surface area contributed by atoms with Gasteiger partial charge in [-0.25, -0.2) is 4.68 Å². The van der Waals surface area contributed by atoms with E-state index in [2.05, 4.69) is 31.1 Å². The molecule has 2 aromatic heterocycles. The Bertz CT molecular complexity index is 932. The summed E-state index contributed by atoms with van der Waals surface area (Å²) in [7, 11) is 0. The first-order chi connectivity index (χ1) is 13.3. The number of amides is 1. The number of rotatable bonds is 2. The highest BCUT2D eigenvalue weighted by molar-refractivity contribution is 7.18. The zero-order chi connectivity index (χ0) is 19.9. The highest BCUT2D eigenvalue weighted by Gasteiger charge is 2.32. The van der Waals surface area contributed by atoms with Crippen LogP contribution in [0.5, 0.6) is 0 Å². The molecule has 0 bridgehead atoms. The summed E-state index contributed by atoms with van der Waals surface area (Å²) < 4.78 is 1.28. The lowest BCUT2D eigenvalue weighted by molar-refractivity contribution is -0.132. The van der Waals surface area contributed by atoms with Gasteiger partial charge in [0.1, 0.15) is 6.54 Å². The molecule has 2 aliphatic rings. The SMILES string of the molecule is CC(C)(C)[C@H]1CCc2c(sc3nnn(CC(=O)N4CCCCCC4)c(=O)c23)C1. The van der Waals surface area contributed by atoms with E-state index < -0.39 is 0 Å². The van der Waals surface area contributed by atoms with E-state index in [1.54, 1.807) is 11.3 Å². The molecule has 0 spiro atoms. The van der Waals surface area contributed by atoms with Crippen LogP contribution in [0, 0.1) is 11.3 Å². The Labute approximate surface area is 169 Å². The predicted octanol–water partition coefficient (Wildman–Crippen LogP) is 3.41. The van der Waals surface area contributed by atoms with Crippen molar-refractivity contribution in [2.75, 3.05) is 13.1 Å². The van der Waals surface area contributed by atoms with E-state index in [9.17, 15) is 9.59 Å². The first kappa shape index (κ1) is 19.6. The molecule has 1 saturated heterocycles. The predicted molar refractivity (Wildman–Crippen MR) is 112 cm³/mol. The molecular formula is C21H30N4O2S. The fourth-order valence-corrected chi connectivity index (χ4v) is 5.75. The third-order valence-corrected chi connectivity index (χ3v) is 7.55. The third kappa shape index (κ3) is 3.73. The minimum Gasteiger partial charge on any atom is -0.341 e. The molecule has 1 aliphatic carbocycles. The summed E-state index contributed by atoms with van der Waals surface area (Å²) in [5.41, 5.74) is 1.26. The Morgan fingerprint density at radius 2 is 1.89 bits per heavy atom. The van der Waals surface area contributed by atoms with Gasteiger partial charge in [-0.2, -0.15) is 0 Å². The largest absolute Gasteiger partial charge is 0.341 e. The molecule has 7 heteroatoms. The van der Waals surface area contributed by atoms with Crippen LogP contribution in [0.2, 0.25) is 0 Å². The molecule has 152 valence electrons. The number of hydrogen-bond acceptors (Lipinski definition) is 5. The Kier molecular flexibility index (Phi) is 5.29. The maximum absolute atomic E-state index is 13.1. The molecular weight excluding hydrogens is 372 g/mol. The maximum Gasteiger partial charge on any atom is 0.279 e. The van der Waals surface area contributed by atoms with Gasteiger partial charge in [0, 0.05) is 18.0 Å². The number of nitrogens with zero attached hydrogens (tertiary/aromatic N) is 4. The van der Waals surface area contributed by atoms with Gasteiger partial charge in [-0.05, 0) is 49.0 Å². The Balaban J connectivity index is 1.61. The topological polar surface area (TPSA) is 68.1 Å². The van der Waals surface area contributed by atoms with Crippen molar-refractivity contribution in [1.82, 2.24) is 19.9 Å². The lowest BCUT2D eigenvalue weighted by Gasteiger charge is -2.33. The minimum absolute atomic E-state index is 0.00297. The van der Waals surface area contributed by atoms with Gasteiger partial charge in [0.15, 0.2) is 4.83 Å². The van der Waals surface area contributed by atoms with Crippen molar-refractivity contribution in [1.29, 1.82) is 0 Å². The van der Waals surface area contributed by atoms with Crippen molar-refractivity contribution in [3.8, 4) is 0 Å². The van der Waals surface area contributed by atoms with Crippen LogP contribution in [0.1, 0.15) is 63.3 Å². The second kappa shape index (κ2) is 7.58. The van der Waals surface area contributed by atoms with Crippen LogP contribution in [-0.2, 0) is 24.2 Å². The van der Waals surface area contributed by atoms with Crippen LogP contribution < -0.4 is 5.56 Å². The molecule has 2 aromatic rings. The Hall–Kier alpha value is -1.76. The second-order valence-electron chi connectivity index (χ2n) is 9.34. The van der Waals surface area contributed by atoms with Crippen molar-refractivity contribution in [2.24, 2.45) is 11.3 Å². The minimum atomic E-state index is -0.153. The van der Waals surface area contributed by atoms with E-state index in [0.717, 1.165) is 55.6 Å². The Morgan fingerprint density at radius 1 is 1.18 bits per heavy atom. The van der Waals surface area contributed by atoms with Crippen LogP contribution in [0.15, 0.2) is 4.79 Å². The summed E-state index contributed by atoms with van der Waals surface area (Å²) in [5.74, 6) is 0.599. The van der Waals surface area contributed by atoms with Gasteiger partial charge in [-0.1, -0.05) is 38.8 Å². The number of aryl methyl sites for hydroxylation is 1. The molecule has 6 nitrogen and oxygen atoms in total. The zero-order valence-electron chi connectivity index (χ0n) is 17.2. The first-order valence-electron chi connectivity index (χ1n) is 10.5. The molecule has 0 N–H and O–H groups in total. The van der Waals surface area contributed by atoms with Gasteiger partial charge in [-0.3, -0.25) is 9.59 Å². The number of hydrogen-bond donors (Lipinski definition) is 0. The molecule has 1 aliphatic heterocycles. The fourth-order valence-electron chi connectivity index (χ4n) is 4.52. The molecule has 0 radical (unpaired) electrons. The van der Waals surface area contributed by atoms with E-state index in [-0.39, 0.29) is 23.4 Å². The summed E-state index contributed by atoms with van der Waals surface area (Å²) in [6.07, 6.45) is 7.44. The molecule has 4 rings (SSSR count). The number of fused-ring (bicyclic) bond motifs is 3. The fraction of sp³-hybridized carbons (Fsp3) is 0.714. The van der Waals surface area contributed by atoms with Crippen LogP contribution in [0.3, 0.4) is 0 Å².